The molecule has 37 heavy (non-hydrogen) atoms. The van der Waals surface area contributed by atoms with E-state index in [0.29, 0.717) is 35.2 Å². The fourth-order valence-corrected chi connectivity index (χ4v) is 6.63. The highest BCUT2D eigenvalue weighted by Gasteiger charge is 2.27. The lowest BCUT2D eigenvalue weighted by molar-refractivity contribution is -0.118. The van der Waals surface area contributed by atoms with Gasteiger partial charge in [0.15, 0.2) is 6.61 Å². The first-order valence-electron chi connectivity index (χ1n) is 11.4. The molecule has 0 saturated carbocycles. The summed E-state index contributed by atoms with van der Waals surface area (Å²) in [5, 5.41) is 3.10. The van der Waals surface area contributed by atoms with Crippen LogP contribution in [0, 0.1) is 0 Å². The smallest absolute Gasteiger partial charge is 0.264 e. The molecule has 12 heteroatoms. The van der Waals surface area contributed by atoms with Gasteiger partial charge in [0.2, 0.25) is 10.0 Å². The summed E-state index contributed by atoms with van der Waals surface area (Å²) >= 11 is 5.84. The first-order chi connectivity index (χ1) is 17.6. The summed E-state index contributed by atoms with van der Waals surface area (Å²) in [7, 11) is -5.85. The molecule has 1 aliphatic heterocycles. The van der Waals surface area contributed by atoms with E-state index in [-0.39, 0.29) is 16.4 Å². The Morgan fingerprint density at radius 2 is 1.46 bits per heavy atom. The van der Waals surface area contributed by atoms with Gasteiger partial charge in [-0.1, -0.05) is 11.6 Å². The molecule has 1 fully saturated rings. The molecule has 196 valence electrons. The molecule has 9 nitrogen and oxygen atoms in total. The van der Waals surface area contributed by atoms with Crippen LogP contribution in [0.3, 0.4) is 0 Å². The largest absolute Gasteiger partial charge is 0.484 e. The predicted octanol–water partition coefficient (Wildman–Crippen LogP) is 3.97. The third kappa shape index (κ3) is 6.24. The minimum Gasteiger partial charge on any atom is -0.484 e. The first-order valence-corrected chi connectivity index (χ1v) is 14.7. The zero-order chi connectivity index (χ0) is 26.6. The topological polar surface area (TPSA) is 113 Å². The number of amides is 1. The van der Waals surface area contributed by atoms with Crippen molar-refractivity contribution >= 4 is 48.9 Å². The molecule has 0 unspecified atom stereocenters. The number of benzene rings is 3. The van der Waals surface area contributed by atoms with Gasteiger partial charge in [-0.15, -0.1) is 0 Å². The minimum atomic E-state index is -3.77. The van der Waals surface area contributed by atoms with Crippen LogP contribution >= 0.6 is 11.6 Å². The molecule has 1 aliphatic rings. The maximum absolute atomic E-state index is 12.8. The van der Waals surface area contributed by atoms with Gasteiger partial charge in [0.05, 0.1) is 15.5 Å². The van der Waals surface area contributed by atoms with E-state index in [1.807, 2.05) is 0 Å². The third-order valence-corrected chi connectivity index (χ3v) is 9.85. The molecule has 1 heterocycles. The van der Waals surface area contributed by atoms with Crippen LogP contribution in [0.4, 0.5) is 11.4 Å². The summed E-state index contributed by atoms with van der Waals surface area (Å²) in [4.78, 5) is 12.6. The van der Waals surface area contributed by atoms with E-state index < -0.39 is 26.0 Å². The van der Waals surface area contributed by atoms with E-state index in [9.17, 15) is 21.6 Å². The van der Waals surface area contributed by atoms with E-state index in [2.05, 4.69) is 5.32 Å². The van der Waals surface area contributed by atoms with Crippen molar-refractivity contribution < 1.29 is 26.4 Å². The van der Waals surface area contributed by atoms with Crippen molar-refractivity contribution in [1.82, 2.24) is 4.31 Å². The molecule has 1 saturated heterocycles. The molecular formula is C25H26ClN3O6S2. The Hall–Kier alpha value is -3.12. The number of rotatable bonds is 9. The average Bonchev–Trinajstić information content (AvgIpc) is 3.44. The van der Waals surface area contributed by atoms with Crippen LogP contribution in [0.5, 0.6) is 5.75 Å². The number of nitrogens with zero attached hydrogens (tertiary/aromatic N) is 2. The highest BCUT2D eigenvalue weighted by atomic mass is 35.5. The van der Waals surface area contributed by atoms with Crippen LogP contribution in [0.1, 0.15) is 12.8 Å². The van der Waals surface area contributed by atoms with Gasteiger partial charge >= 0.3 is 0 Å². The number of halogens is 1. The zero-order valence-electron chi connectivity index (χ0n) is 20.0. The molecule has 1 amide bonds. The predicted molar refractivity (Wildman–Crippen MR) is 142 cm³/mol. The Kier molecular flexibility index (Phi) is 8.08. The zero-order valence-corrected chi connectivity index (χ0v) is 22.4. The molecule has 0 radical (unpaired) electrons. The second kappa shape index (κ2) is 11.1. The number of anilines is 2. The van der Waals surface area contributed by atoms with E-state index in [0.717, 1.165) is 17.1 Å². The summed E-state index contributed by atoms with van der Waals surface area (Å²) in [6.45, 7) is 0.757. The van der Waals surface area contributed by atoms with Crippen LogP contribution < -0.4 is 14.4 Å². The van der Waals surface area contributed by atoms with Crippen molar-refractivity contribution in [2.45, 2.75) is 22.6 Å². The molecule has 0 aliphatic carbocycles. The molecule has 4 rings (SSSR count). The number of hydrogen-bond donors (Lipinski definition) is 1. The van der Waals surface area contributed by atoms with E-state index >= 15 is 0 Å². The van der Waals surface area contributed by atoms with Crippen molar-refractivity contribution in [2.24, 2.45) is 0 Å². The molecule has 0 atom stereocenters. The van der Waals surface area contributed by atoms with E-state index in [4.69, 9.17) is 16.3 Å². The van der Waals surface area contributed by atoms with Gasteiger partial charge in [0.1, 0.15) is 5.75 Å². The second-order valence-corrected chi connectivity index (χ2v) is 12.7. The van der Waals surface area contributed by atoms with Gasteiger partial charge in [-0.25, -0.2) is 16.8 Å². The van der Waals surface area contributed by atoms with Gasteiger partial charge in [0, 0.05) is 30.8 Å². The van der Waals surface area contributed by atoms with Crippen molar-refractivity contribution in [3.05, 3.63) is 77.8 Å². The van der Waals surface area contributed by atoms with Crippen LogP contribution in [0.15, 0.2) is 82.6 Å². The maximum atomic E-state index is 12.8. The lowest BCUT2D eigenvalue weighted by Gasteiger charge is -2.20. The average molecular weight is 564 g/mol. The van der Waals surface area contributed by atoms with Gasteiger partial charge < -0.3 is 10.1 Å². The standard InChI is InChI=1S/C25H26ClN3O6S2/c1-28(36(31,32)23-12-4-19(26)5-13-23)21-8-10-22(11-9-21)35-18-25(30)27-20-6-14-24(15-7-20)37(33,34)29-16-2-3-17-29/h4-15H,2-3,16-18H2,1H3,(H,27,30). The molecule has 1 N–H and O–H groups in total. The minimum absolute atomic E-state index is 0.109. The molecule has 0 bridgehead atoms. The number of carbonyl (C=O) groups excluding carboxylic acids is 1. The summed E-state index contributed by atoms with van der Waals surface area (Å²) < 4.78 is 59.0. The van der Waals surface area contributed by atoms with Crippen molar-refractivity contribution in [3.8, 4) is 5.75 Å². The number of ether oxygens (including phenoxy) is 1. The van der Waals surface area contributed by atoms with Gasteiger partial charge in [-0.05, 0) is 85.6 Å². The number of hydrogen-bond acceptors (Lipinski definition) is 6. The molecule has 3 aromatic rings. The normalized spacial score (nSPS) is 14.3. The van der Waals surface area contributed by atoms with Crippen molar-refractivity contribution in [3.63, 3.8) is 0 Å². The number of sulfonamides is 2. The summed E-state index contributed by atoms with van der Waals surface area (Å²) in [6.07, 6.45) is 1.71. The van der Waals surface area contributed by atoms with Crippen LogP contribution in [-0.2, 0) is 24.8 Å². The summed E-state index contributed by atoms with van der Waals surface area (Å²) in [6, 6.07) is 18.2. The summed E-state index contributed by atoms with van der Waals surface area (Å²) in [5.74, 6) is -0.0510. The first kappa shape index (κ1) is 26.9. The van der Waals surface area contributed by atoms with Gasteiger partial charge in [-0.2, -0.15) is 4.31 Å². The third-order valence-electron chi connectivity index (χ3n) is 5.88. The lowest BCUT2D eigenvalue weighted by Crippen LogP contribution is -2.27. The molecular weight excluding hydrogens is 538 g/mol. The summed E-state index contributed by atoms with van der Waals surface area (Å²) in [5.41, 5.74) is 0.856. The Morgan fingerprint density at radius 3 is 2.05 bits per heavy atom. The fourth-order valence-electron chi connectivity index (χ4n) is 3.79. The Bertz CT molecular complexity index is 1450. The fraction of sp³-hybridized carbons (Fsp3) is 0.240. The quantitative estimate of drug-likeness (QED) is 0.421. The van der Waals surface area contributed by atoms with E-state index in [1.165, 1.54) is 59.9 Å². The highest BCUT2D eigenvalue weighted by molar-refractivity contribution is 7.92. The van der Waals surface area contributed by atoms with E-state index in [1.54, 1.807) is 24.3 Å². The number of nitrogens with one attached hydrogen (secondary N) is 1. The molecule has 3 aromatic carbocycles. The molecule has 0 aromatic heterocycles. The Morgan fingerprint density at radius 1 is 0.892 bits per heavy atom. The second-order valence-electron chi connectivity index (χ2n) is 8.39. The Balaban J connectivity index is 1.32. The van der Waals surface area contributed by atoms with Crippen molar-refractivity contribution in [2.75, 3.05) is 36.4 Å². The highest BCUT2D eigenvalue weighted by Crippen LogP contribution is 2.26. The maximum Gasteiger partial charge on any atom is 0.264 e. The van der Waals surface area contributed by atoms with Crippen LogP contribution in [0.2, 0.25) is 5.02 Å². The number of carbonyl (C=O) groups is 1. The van der Waals surface area contributed by atoms with Gasteiger partial charge in [0.25, 0.3) is 15.9 Å². The van der Waals surface area contributed by atoms with Crippen LogP contribution in [0.25, 0.3) is 0 Å². The van der Waals surface area contributed by atoms with Gasteiger partial charge in [-0.3, -0.25) is 9.10 Å². The Labute approximate surface area is 221 Å². The van der Waals surface area contributed by atoms with Crippen LogP contribution in [-0.4, -0.2) is 53.8 Å². The SMILES string of the molecule is CN(c1ccc(OCC(=O)Nc2ccc(S(=O)(=O)N3CCCC3)cc2)cc1)S(=O)(=O)c1ccc(Cl)cc1. The monoisotopic (exact) mass is 563 g/mol. The molecule has 0 spiro atoms. The lowest BCUT2D eigenvalue weighted by atomic mass is 10.3. The van der Waals surface area contributed by atoms with Crippen molar-refractivity contribution in [1.29, 1.82) is 0 Å².